The molecule has 0 bridgehead atoms. The van der Waals surface area contributed by atoms with Gasteiger partial charge in [0.1, 0.15) is 6.61 Å². The first kappa shape index (κ1) is 15.3. The lowest BCUT2D eigenvalue weighted by Gasteiger charge is -2.06. The number of nitrogens with one attached hydrogen (secondary N) is 1. The number of carbonyl (C=O) groups is 2. The van der Waals surface area contributed by atoms with Crippen LogP contribution in [0.3, 0.4) is 0 Å². The molecular formula is C10H12N4O6. The average molecular weight is 284 g/mol. The Balaban J connectivity index is 2.67. The zero-order chi connectivity index (χ0) is 15.1. The second kappa shape index (κ2) is 6.99. The zero-order valence-electron chi connectivity index (χ0n) is 10.2. The number of hydrogen-bond donors (Lipinski definition) is 3. The smallest absolute Gasteiger partial charge is 0.337 e. The Morgan fingerprint density at radius 3 is 2.80 bits per heavy atom. The first-order chi connectivity index (χ1) is 9.41. The van der Waals surface area contributed by atoms with E-state index in [2.05, 4.69) is 10.3 Å². The Labute approximate surface area is 112 Å². The van der Waals surface area contributed by atoms with Crippen LogP contribution >= 0.6 is 0 Å². The summed E-state index contributed by atoms with van der Waals surface area (Å²) in [6, 6.07) is 0.905. The SMILES string of the molecule is NC(=O)COCCNc1ncc(C(=O)O)cc1[N+](=O)[O-]. The lowest BCUT2D eigenvalue weighted by molar-refractivity contribution is -0.384. The second-order valence-electron chi connectivity index (χ2n) is 3.60. The third-order valence-electron chi connectivity index (χ3n) is 2.09. The number of nitrogens with zero attached hydrogens (tertiary/aromatic N) is 2. The van der Waals surface area contributed by atoms with Gasteiger partial charge >= 0.3 is 11.7 Å². The maximum Gasteiger partial charge on any atom is 0.337 e. The van der Waals surface area contributed by atoms with Crippen LogP contribution in [-0.4, -0.2) is 46.6 Å². The van der Waals surface area contributed by atoms with Crippen LogP contribution in [0.25, 0.3) is 0 Å². The molecule has 20 heavy (non-hydrogen) atoms. The van der Waals surface area contributed by atoms with Gasteiger partial charge < -0.3 is 20.9 Å². The molecule has 1 rings (SSSR count). The molecular weight excluding hydrogens is 272 g/mol. The van der Waals surface area contributed by atoms with Gasteiger partial charge in [-0.25, -0.2) is 9.78 Å². The molecule has 10 heteroatoms. The number of carboxylic acids is 1. The highest BCUT2D eigenvalue weighted by Crippen LogP contribution is 2.22. The fraction of sp³-hybridized carbons (Fsp3) is 0.300. The minimum Gasteiger partial charge on any atom is -0.478 e. The number of ether oxygens (including phenoxy) is 1. The quantitative estimate of drug-likeness (QED) is 0.330. The van der Waals surface area contributed by atoms with Crippen LogP contribution in [-0.2, 0) is 9.53 Å². The summed E-state index contributed by atoms with van der Waals surface area (Å²) in [5.74, 6) is -2.01. The third-order valence-corrected chi connectivity index (χ3v) is 2.09. The van der Waals surface area contributed by atoms with E-state index in [0.717, 1.165) is 12.3 Å². The molecule has 0 saturated carbocycles. The summed E-state index contributed by atoms with van der Waals surface area (Å²) in [4.78, 5) is 34.8. The molecule has 0 atom stereocenters. The number of amides is 1. The maximum absolute atomic E-state index is 10.8. The average Bonchev–Trinajstić information content (AvgIpc) is 2.37. The van der Waals surface area contributed by atoms with Gasteiger partial charge in [0.05, 0.1) is 17.1 Å². The maximum atomic E-state index is 10.8. The summed E-state index contributed by atoms with van der Waals surface area (Å²) >= 11 is 0. The molecule has 0 saturated heterocycles. The van der Waals surface area contributed by atoms with Crippen LogP contribution < -0.4 is 11.1 Å². The summed E-state index contributed by atoms with van der Waals surface area (Å²) in [5, 5.41) is 22.2. The van der Waals surface area contributed by atoms with Gasteiger partial charge in [-0.1, -0.05) is 0 Å². The number of carbonyl (C=O) groups excluding carboxylic acids is 1. The predicted octanol–water partition coefficient (Wildman–Crippen LogP) is -0.398. The molecule has 1 aromatic rings. The molecule has 0 fully saturated rings. The summed E-state index contributed by atoms with van der Waals surface area (Å²) in [6.07, 6.45) is 1.00. The molecule has 4 N–H and O–H groups in total. The Bertz CT molecular complexity index is 532. The molecule has 1 amide bonds. The largest absolute Gasteiger partial charge is 0.478 e. The molecule has 1 aromatic heterocycles. The first-order valence-electron chi connectivity index (χ1n) is 5.39. The topological polar surface area (TPSA) is 158 Å². The summed E-state index contributed by atoms with van der Waals surface area (Å²) in [6.45, 7) is -0.0227. The standard InChI is InChI=1S/C10H12N4O6/c11-8(15)5-20-2-1-12-9-7(14(18)19)3-6(4-13-9)10(16)17/h3-4H,1-2,5H2,(H2,11,15)(H,12,13)(H,16,17). The zero-order valence-corrected chi connectivity index (χ0v) is 10.2. The summed E-state index contributed by atoms with van der Waals surface area (Å²) < 4.78 is 4.85. The van der Waals surface area contributed by atoms with E-state index in [1.807, 2.05) is 0 Å². The van der Waals surface area contributed by atoms with E-state index in [0.29, 0.717) is 0 Å². The number of rotatable bonds is 8. The number of primary amides is 1. The predicted molar refractivity (Wildman–Crippen MR) is 66.4 cm³/mol. The number of pyridine rings is 1. The molecule has 0 radical (unpaired) electrons. The van der Waals surface area contributed by atoms with Gasteiger partial charge in [-0.3, -0.25) is 14.9 Å². The number of aromatic nitrogens is 1. The van der Waals surface area contributed by atoms with Crippen molar-refractivity contribution in [2.24, 2.45) is 5.73 Å². The van der Waals surface area contributed by atoms with Gasteiger partial charge in [-0.2, -0.15) is 0 Å². The van der Waals surface area contributed by atoms with Crippen LogP contribution in [0.5, 0.6) is 0 Å². The number of carboxylic acid groups (broad SMARTS) is 1. The molecule has 0 aliphatic carbocycles. The van der Waals surface area contributed by atoms with Crippen molar-refractivity contribution in [3.63, 3.8) is 0 Å². The summed E-state index contributed by atoms with van der Waals surface area (Å²) in [5.41, 5.74) is 4.11. The molecule has 0 aliphatic heterocycles. The van der Waals surface area contributed by atoms with Gasteiger partial charge in [-0.05, 0) is 0 Å². The van der Waals surface area contributed by atoms with Crippen LogP contribution in [0.4, 0.5) is 11.5 Å². The van der Waals surface area contributed by atoms with Gasteiger partial charge in [0.25, 0.3) is 0 Å². The Morgan fingerprint density at radius 2 is 2.25 bits per heavy atom. The van der Waals surface area contributed by atoms with Gasteiger partial charge in [-0.15, -0.1) is 0 Å². The number of nitrogens with two attached hydrogens (primary N) is 1. The van der Waals surface area contributed by atoms with Crippen LogP contribution in [0, 0.1) is 10.1 Å². The monoisotopic (exact) mass is 284 g/mol. The molecule has 0 aromatic carbocycles. The number of nitro groups is 1. The number of aromatic carboxylic acids is 1. The fourth-order valence-corrected chi connectivity index (χ4v) is 1.26. The van der Waals surface area contributed by atoms with E-state index in [9.17, 15) is 19.7 Å². The summed E-state index contributed by atoms with van der Waals surface area (Å²) in [7, 11) is 0. The Kier molecular flexibility index (Phi) is 5.35. The highest BCUT2D eigenvalue weighted by molar-refractivity contribution is 5.88. The van der Waals surface area contributed by atoms with Crippen molar-refractivity contribution >= 4 is 23.4 Å². The van der Waals surface area contributed by atoms with Crippen molar-refractivity contribution in [1.29, 1.82) is 0 Å². The minimum absolute atomic E-state index is 0.0809. The van der Waals surface area contributed by atoms with E-state index in [1.165, 1.54) is 0 Å². The second-order valence-corrected chi connectivity index (χ2v) is 3.60. The van der Waals surface area contributed by atoms with Crippen molar-refractivity contribution in [3.8, 4) is 0 Å². The van der Waals surface area contributed by atoms with E-state index in [4.69, 9.17) is 15.6 Å². The third kappa shape index (κ3) is 4.49. The van der Waals surface area contributed by atoms with Crippen LogP contribution in [0.1, 0.15) is 10.4 Å². The van der Waals surface area contributed by atoms with E-state index < -0.39 is 22.5 Å². The number of hydrogen-bond acceptors (Lipinski definition) is 7. The van der Waals surface area contributed by atoms with Crippen LogP contribution in [0.15, 0.2) is 12.3 Å². The van der Waals surface area contributed by atoms with Crippen molar-refractivity contribution in [2.75, 3.05) is 25.1 Å². The highest BCUT2D eigenvalue weighted by atomic mass is 16.6. The van der Waals surface area contributed by atoms with Crippen molar-refractivity contribution in [2.45, 2.75) is 0 Å². The van der Waals surface area contributed by atoms with Crippen molar-refractivity contribution < 1.29 is 24.4 Å². The minimum atomic E-state index is -1.31. The molecule has 1 heterocycles. The Hall–Kier alpha value is -2.75. The highest BCUT2D eigenvalue weighted by Gasteiger charge is 2.18. The lowest BCUT2D eigenvalue weighted by atomic mass is 10.2. The van der Waals surface area contributed by atoms with E-state index >= 15 is 0 Å². The van der Waals surface area contributed by atoms with Gasteiger partial charge in [0.15, 0.2) is 0 Å². The van der Waals surface area contributed by atoms with Crippen molar-refractivity contribution in [3.05, 3.63) is 27.9 Å². The van der Waals surface area contributed by atoms with Crippen LogP contribution in [0.2, 0.25) is 0 Å². The number of anilines is 1. The molecule has 0 spiro atoms. The van der Waals surface area contributed by atoms with E-state index in [1.54, 1.807) is 0 Å². The first-order valence-corrected chi connectivity index (χ1v) is 5.39. The normalized spacial score (nSPS) is 10.0. The van der Waals surface area contributed by atoms with Gasteiger partial charge in [0.2, 0.25) is 11.7 Å². The fourth-order valence-electron chi connectivity index (χ4n) is 1.26. The van der Waals surface area contributed by atoms with E-state index in [-0.39, 0.29) is 31.1 Å². The molecule has 0 aliphatic rings. The Morgan fingerprint density at radius 1 is 1.55 bits per heavy atom. The molecule has 0 unspecified atom stereocenters. The van der Waals surface area contributed by atoms with Gasteiger partial charge in [0, 0.05) is 18.8 Å². The lowest BCUT2D eigenvalue weighted by Crippen LogP contribution is -2.21. The van der Waals surface area contributed by atoms with Crippen molar-refractivity contribution in [1.82, 2.24) is 4.98 Å². The molecule has 10 nitrogen and oxygen atoms in total. The molecule has 108 valence electrons.